The number of tetrazole rings is 1. The van der Waals surface area contributed by atoms with Crippen molar-refractivity contribution in [2.75, 3.05) is 0 Å². The van der Waals surface area contributed by atoms with Gasteiger partial charge in [0.2, 0.25) is 0 Å². The molecular formula is C28H35N7O. The lowest BCUT2D eigenvalue weighted by Gasteiger charge is -2.21. The van der Waals surface area contributed by atoms with E-state index in [2.05, 4.69) is 63.0 Å². The highest BCUT2D eigenvalue weighted by atomic mass is 16.1. The maximum atomic E-state index is 13.5. The van der Waals surface area contributed by atoms with Crippen molar-refractivity contribution in [2.45, 2.75) is 77.8 Å². The Morgan fingerprint density at radius 3 is 2.61 bits per heavy atom. The highest BCUT2D eigenvalue weighted by Gasteiger charge is 2.18. The summed E-state index contributed by atoms with van der Waals surface area (Å²) < 4.78 is 3.97. The minimum absolute atomic E-state index is 0.128. The lowest BCUT2D eigenvalue weighted by Crippen LogP contribution is -2.28. The first-order chi connectivity index (χ1) is 17.7. The molecule has 8 heteroatoms. The Morgan fingerprint density at radius 1 is 1.03 bits per heavy atom. The van der Waals surface area contributed by atoms with Crippen molar-refractivity contribution in [2.24, 2.45) is 5.92 Å². The Balaban J connectivity index is 1.38. The highest BCUT2D eigenvalue weighted by Crippen LogP contribution is 2.29. The summed E-state index contributed by atoms with van der Waals surface area (Å²) in [6, 6.07) is 10.3. The second-order valence-corrected chi connectivity index (χ2v) is 9.97. The van der Waals surface area contributed by atoms with Crippen LogP contribution in [-0.4, -0.2) is 34.7 Å². The van der Waals surface area contributed by atoms with Crippen molar-refractivity contribution in [1.82, 2.24) is 34.7 Å². The van der Waals surface area contributed by atoms with Crippen LogP contribution in [0.15, 0.2) is 53.7 Å². The number of imidazole rings is 1. The lowest BCUT2D eigenvalue weighted by molar-refractivity contribution is 0.315. The van der Waals surface area contributed by atoms with Crippen LogP contribution < -0.4 is 5.69 Å². The van der Waals surface area contributed by atoms with Crippen molar-refractivity contribution in [3.63, 3.8) is 0 Å². The molecule has 1 aromatic carbocycles. The van der Waals surface area contributed by atoms with E-state index in [1.165, 1.54) is 44.9 Å². The van der Waals surface area contributed by atoms with Gasteiger partial charge >= 0.3 is 5.69 Å². The molecule has 0 spiro atoms. The SMILES string of the molecule is CCCCCc1cn(CC2CCCCC2)c(=O)n1Cc1ccc(-c2cnccc2-c2nnn[nH]2)cc1. The Bertz CT molecular complexity index is 1300. The van der Waals surface area contributed by atoms with Crippen LogP contribution in [0, 0.1) is 5.92 Å². The number of aryl methyl sites for hydroxylation is 1. The number of hydrogen-bond acceptors (Lipinski definition) is 5. The van der Waals surface area contributed by atoms with Crippen LogP contribution in [0.25, 0.3) is 22.5 Å². The molecule has 3 heterocycles. The zero-order chi connectivity index (χ0) is 24.7. The first-order valence-corrected chi connectivity index (χ1v) is 13.3. The molecule has 1 N–H and O–H groups in total. The Labute approximate surface area is 211 Å². The number of hydrogen-bond donors (Lipinski definition) is 1. The number of H-pyrrole nitrogens is 1. The van der Waals surface area contributed by atoms with E-state index in [4.69, 9.17) is 0 Å². The number of nitrogens with one attached hydrogen (secondary N) is 1. The zero-order valence-corrected chi connectivity index (χ0v) is 21.1. The van der Waals surface area contributed by atoms with Crippen LogP contribution >= 0.6 is 0 Å². The fraction of sp³-hybridized carbons (Fsp3) is 0.464. The van der Waals surface area contributed by atoms with Crippen molar-refractivity contribution in [3.05, 3.63) is 70.7 Å². The van der Waals surface area contributed by atoms with Gasteiger partial charge in [-0.1, -0.05) is 63.3 Å². The van der Waals surface area contributed by atoms with Gasteiger partial charge in [0.1, 0.15) is 0 Å². The third kappa shape index (κ3) is 5.48. The molecule has 8 nitrogen and oxygen atoms in total. The molecule has 0 radical (unpaired) electrons. The van der Waals surface area contributed by atoms with Crippen molar-refractivity contribution in [3.8, 4) is 22.5 Å². The number of rotatable bonds is 10. The fourth-order valence-corrected chi connectivity index (χ4v) is 5.36. The smallest absolute Gasteiger partial charge is 0.299 e. The number of nitrogens with zero attached hydrogens (tertiary/aromatic N) is 6. The van der Waals surface area contributed by atoms with Gasteiger partial charge < -0.3 is 0 Å². The van der Waals surface area contributed by atoms with E-state index in [0.29, 0.717) is 18.3 Å². The van der Waals surface area contributed by atoms with Crippen LogP contribution in [-0.2, 0) is 19.5 Å². The minimum Gasteiger partial charge on any atom is -0.299 e. The predicted molar refractivity (Wildman–Crippen MR) is 140 cm³/mol. The van der Waals surface area contributed by atoms with Crippen LogP contribution in [0.5, 0.6) is 0 Å². The normalized spacial score (nSPS) is 14.4. The number of benzene rings is 1. The Morgan fingerprint density at radius 2 is 1.86 bits per heavy atom. The van der Waals surface area contributed by atoms with Gasteiger partial charge in [0.25, 0.3) is 0 Å². The van der Waals surface area contributed by atoms with Crippen molar-refractivity contribution >= 4 is 0 Å². The third-order valence-corrected chi connectivity index (χ3v) is 7.37. The molecule has 36 heavy (non-hydrogen) atoms. The number of unbranched alkanes of at least 4 members (excludes halogenated alkanes) is 2. The molecule has 0 bridgehead atoms. The van der Waals surface area contributed by atoms with E-state index in [1.807, 2.05) is 21.4 Å². The molecule has 0 unspecified atom stereocenters. The van der Waals surface area contributed by atoms with E-state index in [0.717, 1.165) is 47.3 Å². The van der Waals surface area contributed by atoms with E-state index in [9.17, 15) is 4.79 Å². The summed E-state index contributed by atoms with van der Waals surface area (Å²) in [5.41, 5.74) is 5.28. The quantitative estimate of drug-likeness (QED) is 0.310. The minimum atomic E-state index is 0.128. The first kappa shape index (κ1) is 24.2. The van der Waals surface area contributed by atoms with Crippen LogP contribution in [0.1, 0.15) is 69.5 Å². The van der Waals surface area contributed by atoms with Gasteiger partial charge in [-0.05, 0) is 59.2 Å². The van der Waals surface area contributed by atoms with Gasteiger partial charge in [-0.15, -0.1) is 5.10 Å². The lowest BCUT2D eigenvalue weighted by atomic mass is 9.89. The summed E-state index contributed by atoms with van der Waals surface area (Å²) >= 11 is 0. The van der Waals surface area contributed by atoms with E-state index >= 15 is 0 Å². The average Bonchev–Trinajstić information content (AvgIpc) is 3.55. The summed E-state index contributed by atoms with van der Waals surface area (Å²) in [5, 5.41) is 14.3. The largest absolute Gasteiger partial charge is 0.328 e. The van der Waals surface area contributed by atoms with Crippen LogP contribution in [0.2, 0.25) is 0 Å². The summed E-state index contributed by atoms with van der Waals surface area (Å²) in [4.78, 5) is 17.8. The molecular weight excluding hydrogens is 450 g/mol. The van der Waals surface area contributed by atoms with Crippen LogP contribution in [0.4, 0.5) is 0 Å². The summed E-state index contributed by atoms with van der Waals surface area (Å²) in [6.07, 6.45) is 16.5. The van der Waals surface area contributed by atoms with Gasteiger partial charge in [-0.2, -0.15) is 0 Å². The molecule has 0 atom stereocenters. The number of pyridine rings is 1. The van der Waals surface area contributed by atoms with E-state index in [1.54, 1.807) is 6.20 Å². The van der Waals surface area contributed by atoms with Crippen molar-refractivity contribution < 1.29 is 0 Å². The van der Waals surface area contributed by atoms with Gasteiger partial charge in [0.05, 0.1) is 6.54 Å². The van der Waals surface area contributed by atoms with Gasteiger partial charge in [-0.25, -0.2) is 9.89 Å². The summed E-state index contributed by atoms with van der Waals surface area (Å²) in [7, 11) is 0. The second-order valence-electron chi connectivity index (χ2n) is 9.97. The molecule has 188 valence electrons. The molecule has 1 saturated carbocycles. The monoisotopic (exact) mass is 485 g/mol. The van der Waals surface area contributed by atoms with Crippen LogP contribution in [0.3, 0.4) is 0 Å². The maximum Gasteiger partial charge on any atom is 0.328 e. The van der Waals surface area contributed by atoms with E-state index in [-0.39, 0.29) is 5.69 Å². The molecule has 3 aromatic heterocycles. The fourth-order valence-electron chi connectivity index (χ4n) is 5.36. The average molecular weight is 486 g/mol. The Hall–Kier alpha value is -3.55. The molecule has 0 aliphatic heterocycles. The summed E-state index contributed by atoms with van der Waals surface area (Å²) in [6.45, 7) is 3.66. The van der Waals surface area contributed by atoms with E-state index < -0.39 is 0 Å². The molecule has 0 saturated heterocycles. The number of aromatic nitrogens is 7. The highest BCUT2D eigenvalue weighted by molar-refractivity contribution is 5.79. The molecule has 1 fully saturated rings. The first-order valence-electron chi connectivity index (χ1n) is 13.3. The number of aromatic amines is 1. The molecule has 1 aliphatic carbocycles. The van der Waals surface area contributed by atoms with Crippen molar-refractivity contribution in [1.29, 1.82) is 0 Å². The predicted octanol–water partition coefficient (Wildman–Crippen LogP) is 5.25. The topological polar surface area (TPSA) is 94.3 Å². The molecule has 0 amide bonds. The second kappa shape index (κ2) is 11.5. The Kier molecular flexibility index (Phi) is 7.69. The molecule has 4 aromatic rings. The zero-order valence-electron chi connectivity index (χ0n) is 21.1. The molecule has 1 aliphatic rings. The van der Waals surface area contributed by atoms with Gasteiger partial charge in [0.15, 0.2) is 5.82 Å². The maximum absolute atomic E-state index is 13.5. The third-order valence-electron chi connectivity index (χ3n) is 7.37. The summed E-state index contributed by atoms with van der Waals surface area (Å²) in [5.74, 6) is 1.24. The van der Waals surface area contributed by atoms with Gasteiger partial charge in [-0.3, -0.25) is 14.1 Å². The van der Waals surface area contributed by atoms with Gasteiger partial charge in [0, 0.05) is 42.0 Å². The standard InChI is InChI=1S/C28H35N7O/c1-2-3-5-10-24-20-34(18-21-8-6-4-7-9-21)28(36)35(24)19-22-11-13-23(14-12-22)26-17-29-16-15-25(26)27-30-32-33-31-27/h11-17,20-21H,2-10,18-19H2,1H3,(H,30,31,32,33). The molecule has 5 rings (SSSR count).